The third kappa shape index (κ3) is 6.38. The largest absolute Gasteiger partial charge is 0.481 e. The molecule has 2 aliphatic rings. The molecule has 238 valence electrons. The number of carbonyl (C=O) groups is 2. The van der Waals surface area contributed by atoms with Crippen molar-refractivity contribution in [3.63, 3.8) is 0 Å². The number of allylic oxidation sites excluding steroid dienone is 4. The first-order valence-electron chi connectivity index (χ1n) is 15.6. The monoisotopic (exact) mass is 618 g/mol. The molecule has 8 bridgehead atoms. The van der Waals surface area contributed by atoms with Gasteiger partial charge >= 0.3 is 11.9 Å². The number of carboxylic acids is 1. The molecule has 0 unspecified atom stereocenters. The van der Waals surface area contributed by atoms with Crippen LogP contribution >= 0.6 is 0 Å². The first kappa shape index (κ1) is 32.4. The highest BCUT2D eigenvalue weighted by atomic mass is 16.6. The third-order valence-electron chi connectivity index (χ3n) is 8.63. The molecule has 46 heavy (non-hydrogen) atoms. The van der Waals surface area contributed by atoms with Crippen molar-refractivity contribution in [1.29, 1.82) is 0 Å². The second-order valence-corrected chi connectivity index (χ2v) is 12.9. The zero-order valence-corrected chi connectivity index (χ0v) is 27.8. The van der Waals surface area contributed by atoms with E-state index < -0.39 is 11.6 Å². The highest BCUT2D eigenvalue weighted by Crippen LogP contribution is 2.38. The van der Waals surface area contributed by atoms with Gasteiger partial charge < -0.3 is 19.8 Å². The molecule has 8 nitrogen and oxygen atoms in total. The van der Waals surface area contributed by atoms with Gasteiger partial charge in [0.15, 0.2) is 0 Å². The summed E-state index contributed by atoms with van der Waals surface area (Å²) in [6.07, 6.45) is 4.63. The lowest BCUT2D eigenvalue weighted by atomic mass is 9.98. The van der Waals surface area contributed by atoms with Gasteiger partial charge in [-0.15, -0.1) is 0 Å². The number of nitrogens with zero attached hydrogens (tertiary/aromatic N) is 2. The molecule has 0 fully saturated rings. The van der Waals surface area contributed by atoms with E-state index in [4.69, 9.17) is 14.7 Å². The maximum absolute atomic E-state index is 12.8. The minimum absolute atomic E-state index is 0.0245. The van der Waals surface area contributed by atoms with Crippen molar-refractivity contribution in [2.75, 3.05) is 0 Å². The normalized spacial score (nSPS) is 13.3. The molecule has 3 aromatic heterocycles. The van der Waals surface area contributed by atoms with Gasteiger partial charge in [0.1, 0.15) is 5.60 Å². The number of aliphatic carboxylic acids is 1. The van der Waals surface area contributed by atoms with E-state index in [1.807, 2.05) is 65.0 Å². The summed E-state index contributed by atoms with van der Waals surface area (Å²) in [6, 6.07) is 8.04. The number of esters is 1. The van der Waals surface area contributed by atoms with Crippen molar-refractivity contribution in [1.82, 2.24) is 19.9 Å². The zero-order valence-electron chi connectivity index (χ0n) is 27.8. The average molecular weight is 619 g/mol. The fraction of sp³-hybridized carbons (Fsp3) is 0.316. The van der Waals surface area contributed by atoms with Gasteiger partial charge in [-0.3, -0.25) is 9.59 Å². The molecule has 8 heteroatoms. The van der Waals surface area contributed by atoms with Crippen molar-refractivity contribution in [3.05, 3.63) is 82.5 Å². The molecule has 3 N–H and O–H groups in total. The number of aryl methyl sites for hydroxylation is 2. The van der Waals surface area contributed by atoms with Crippen LogP contribution in [-0.2, 0) is 14.3 Å². The van der Waals surface area contributed by atoms with E-state index in [2.05, 4.69) is 43.0 Å². The van der Waals surface area contributed by atoms with Crippen LogP contribution in [-0.4, -0.2) is 42.6 Å². The van der Waals surface area contributed by atoms with E-state index in [0.717, 1.165) is 78.0 Å². The lowest BCUT2D eigenvalue weighted by Gasteiger charge is -2.19. The molecule has 3 aromatic rings. The molecule has 5 heterocycles. The Balaban J connectivity index is 1.84. The number of aromatic nitrogens is 4. The second-order valence-electron chi connectivity index (χ2n) is 12.9. The van der Waals surface area contributed by atoms with E-state index in [1.54, 1.807) is 0 Å². The number of fused-ring (bicyclic) bond motifs is 8. The van der Waals surface area contributed by atoms with Gasteiger partial charge in [0, 0.05) is 46.0 Å². The van der Waals surface area contributed by atoms with Crippen LogP contribution in [0.5, 0.6) is 0 Å². The van der Waals surface area contributed by atoms with Crippen LogP contribution in [0.25, 0.3) is 56.5 Å². The minimum Gasteiger partial charge on any atom is -0.481 e. The first-order valence-corrected chi connectivity index (χ1v) is 15.6. The Hall–Kier alpha value is -4.98. The lowest BCUT2D eigenvalue weighted by molar-refractivity contribution is -0.154. The van der Waals surface area contributed by atoms with E-state index >= 15 is 0 Å². The molecule has 0 saturated heterocycles. The topological polar surface area (TPSA) is 121 Å². The maximum Gasteiger partial charge on any atom is 0.306 e. The fourth-order valence-corrected chi connectivity index (χ4v) is 6.15. The van der Waals surface area contributed by atoms with Crippen molar-refractivity contribution < 1.29 is 19.4 Å². The lowest BCUT2D eigenvalue weighted by Crippen LogP contribution is -2.23. The van der Waals surface area contributed by atoms with Crippen molar-refractivity contribution in [2.24, 2.45) is 0 Å². The maximum atomic E-state index is 12.8. The molecule has 0 amide bonds. The number of rotatable bonds is 8. The SMILES string of the molecule is C=Cc1c(C)c2cc3[nH]c(cc4nc(cc5nc(cc1[nH]2)C(C)=C5CCC(=O)O)C(CCC(=O)OC(C)(C)C)=C4C)c(C)c3C=C. The molecule has 0 aromatic carbocycles. The predicted octanol–water partition coefficient (Wildman–Crippen LogP) is 9.07. The highest BCUT2D eigenvalue weighted by Gasteiger charge is 2.24. The van der Waals surface area contributed by atoms with Crippen molar-refractivity contribution in [3.8, 4) is 0 Å². The van der Waals surface area contributed by atoms with Crippen LogP contribution in [0.2, 0.25) is 0 Å². The van der Waals surface area contributed by atoms with Crippen LogP contribution in [0.3, 0.4) is 0 Å². The predicted molar refractivity (Wildman–Crippen MR) is 188 cm³/mol. The summed E-state index contributed by atoms with van der Waals surface area (Å²) in [4.78, 5) is 41.6. The summed E-state index contributed by atoms with van der Waals surface area (Å²) >= 11 is 0. The molecular weight excluding hydrogens is 576 g/mol. The van der Waals surface area contributed by atoms with E-state index in [1.165, 1.54) is 0 Å². The van der Waals surface area contributed by atoms with Gasteiger partial charge in [-0.1, -0.05) is 25.3 Å². The first-order chi connectivity index (χ1) is 21.7. The molecule has 0 radical (unpaired) electrons. The Morgan fingerprint density at radius 3 is 1.67 bits per heavy atom. The number of ether oxygens (including phenoxy) is 1. The number of hydrogen-bond acceptors (Lipinski definition) is 5. The summed E-state index contributed by atoms with van der Waals surface area (Å²) in [5.41, 5.74) is 13.6. The zero-order chi connectivity index (χ0) is 33.5. The summed E-state index contributed by atoms with van der Waals surface area (Å²) < 4.78 is 5.60. The summed E-state index contributed by atoms with van der Waals surface area (Å²) in [5.74, 6) is -1.15. The van der Waals surface area contributed by atoms with Gasteiger partial charge in [0.2, 0.25) is 0 Å². The molecule has 0 atom stereocenters. The number of nitrogens with one attached hydrogen (secondary N) is 2. The Bertz CT molecular complexity index is 2030. The van der Waals surface area contributed by atoms with Gasteiger partial charge in [-0.25, -0.2) is 9.97 Å². The van der Waals surface area contributed by atoms with Crippen molar-refractivity contribution in [2.45, 2.75) is 79.8 Å². The average Bonchev–Trinajstić information content (AvgIpc) is 3.63. The minimum atomic E-state index is -0.874. The number of H-pyrrole nitrogens is 2. The Morgan fingerprint density at radius 2 is 1.20 bits per heavy atom. The number of aromatic amines is 2. The summed E-state index contributed by atoms with van der Waals surface area (Å²) in [5, 5.41) is 9.54. The van der Waals surface area contributed by atoms with E-state index in [9.17, 15) is 14.7 Å². The van der Waals surface area contributed by atoms with Gasteiger partial charge in [-0.2, -0.15) is 0 Å². The van der Waals surface area contributed by atoms with Crippen molar-refractivity contribution >= 4 is 68.4 Å². The van der Waals surface area contributed by atoms with Gasteiger partial charge in [-0.05, 0) is 119 Å². The molecule has 5 rings (SSSR count). The van der Waals surface area contributed by atoms with Crippen LogP contribution in [0.1, 0.15) is 105 Å². The molecule has 0 saturated carbocycles. The van der Waals surface area contributed by atoms with E-state index in [-0.39, 0.29) is 18.8 Å². The summed E-state index contributed by atoms with van der Waals surface area (Å²) in [7, 11) is 0. The molecule has 2 aliphatic heterocycles. The second kappa shape index (κ2) is 12.4. The quantitative estimate of drug-likeness (QED) is 0.217. The summed E-state index contributed by atoms with van der Waals surface area (Å²) in [6.45, 7) is 21.8. The number of carbonyl (C=O) groups excluding carboxylic acids is 1. The Labute approximate surface area is 269 Å². The van der Waals surface area contributed by atoms with Crippen LogP contribution in [0, 0.1) is 13.8 Å². The van der Waals surface area contributed by atoms with Crippen LogP contribution in [0.15, 0.2) is 37.4 Å². The van der Waals surface area contributed by atoms with Crippen LogP contribution < -0.4 is 0 Å². The Morgan fingerprint density at radius 1 is 0.739 bits per heavy atom. The molecule has 0 aliphatic carbocycles. The number of hydrogen-bond donors (Lipinski definition) is 3. The van der Waals surface area contributed by atoms with Gasteiger partial charge in [0.05, 0.1) is 22.8 Å². The van der Waals surface area contributed by atoms with Crippen LogP contribution in [0.4, 0.5) is 0 Å². The third-order valence-corrected chi connectivity index (χ3v) is 8.63. The standard InChI is InChI=1S/C38H42N4O4/c1-10-24-20(3)28-16-29-23(6)27(13-15-37(45)46-38(7,8)9)35(41-29)19-34-26(12-14-36(43)44)22(5)31(42-34)18-33-25(11-2)21(4)30(40-33)17-32(24)39-28/h10-11,16-19,39-40H,1-2,12-15H2,3-9H3,(H,43,44). The van der Waals surface area contributed by atoms with Gasteiger partial charge in [0.25, 0.3) is 0 Å². The molecular formula is C38H42N4O4. The fourth-order valence-electron chi connectivity index (χ4n) is 6.15. The smallest absolute Gasteiger partial charge is 0.306 e. The van der Waals surface area contributed by atoms with E-state index in [0.29, 0.717) is 24.2 Å². The number of carboxylic acid groups (broad SMARTS) is 1. The Kier molecular flexibility index (Phi) is 8.76. The highest BCUT2D eigenvalue weighted by molar-refractivity contribution is 5.97. The molecule has 0 spiro atoms.